The van der Waals surface area contributed by atoms with E-state index in [1.165, 1.54) is 32.6 Å². The van der Waals surface area contributed by atoms with Crippen molar-refractivity contribution in [2.45, 2.75) is 20.8 Å². The maximum Gasteiger partial charge on any atom is 1.00 e. The number of benzene rings is 3. The van der Waals surface area contributed by atoms with Crippen molar-refractivity contribution in [1.82, 2.24) is 0 Å². The topological polar surface area (TPSA) is 0 Å². The van der Waals surface area contributed by atoms with Gasteiger partial charge in [0.15, 0.2) is 0 Å². The monoisotopic (exact) mass is 536 g/mol. The zero-order valence-electron chi connectivity index (χ0n) is 14.1. The van der Waals surface area contributed by atoms with Gasteiger partial charge >= 0.3 is 22.4 Å². The molecule has 0 aliphatic heterocycles. The van der Waals surface area contributed by atoms with E-state index in [2.05, 4.69) is 93.6 Å². The summed E-state index contributed by atoms with van der Waals surface area (Å²) in [5.74, 6) is 0. The Kier molecular flexibility index (Phi) is 8.43. The van der Waals surface area contributed by atoms with Gasteiger partial charge in [-0.05, 0) is 44.6 Å². The predicted octanol–water partition coefficient (Wildman–Crippen LogP) is 1.37. The summed E-state index contributed by atoms with van der Waals surface area (Å²) in [5, 5.41) is 4.23. The van der Waals surface area contributed by atoms with Crippen molar-refractivity contribution in [2.75, 3.05) is 0 Å². The Balaban J connectivity index is 0.00000144. The van der Waals surface area contributed by atoms with Gasteiger partial charge < -0.3 is 12.4 Å². The van der Waals surface area contributed by atoms with Crippen LogP contribution in [-0.4, -0.2) is 0 Å². The van der Waals surface area contributed by atoms with E-state index in [0.717, 1.165) is 0 Å². The molecule has 0 spiro atoms. The van der Waals surface area contributed by atoms with Crippen LogP contribution in [0.1, 0.15) is 16.7 Å². The third-order valence-corrected chi connectivity index (χ3v) is 6.32. The van der Waals surface area contributed by atoms with Crippen LogP contribution in [0.2, 0.25) is 0 Å². The first-order chi connectivity index (χ1) is 10.6. The van der Waals surface area contributed by atoms with Crippen LogP contribution in [0.5, 0.6) is 0 Å². The van der Waals surface area contributed by atoms with Crippen LogP contribution < -0.4 is 28.3 Å². The molecule has 0 amide bonds. The van der Waals surface area contributed by atoms with Crippen LogP contribution in [0.3, 0.4) is 0 Å². The van der Waals surface area contributed by atoms with Crippen molar-refractivity contribution in [3.05, 3.63) is 89.5 Å². The van der Waals surface area contributed by atoms with Gasteiger partial charge in [0, 0.05) is 0 Å². The van der Waals surface area contributed by atoms with Gasteiger partial charge in [0.2, 0.25) is 0 Å². The first-order valence-corrected chi connectivity index (χ1v) is 8.98. The molecular weight excluding hydrogens is 516 g/mol. The SMILES string of the molecule is Cc1ccc(P(c2ccc(C)cc2)c2ccc(C)cc2)cc1.[Au+].[Cl-]. The molecular formula is C21H21AuClP. The fourth-order valence-electron chi connectivity index (χ4n) is 2.53. The van der Waals surface area contributed by atoms with Crippen LogP contribution in [-0.2, 0) is 22.4 Å². The summed E-state index contributed by atoms with van der Waals surface area (Å²) >= 11 is 0. The third kappa shape index (κ3) is 5.06. The van der Waals surface area contributed by atoms with E-state index in [9.17, 15) is 0 Å². The molecule has 0 unspecified atom stereocenters. The molecule has 0 fully saturated rings. The molecule has 0 N–H and O–H groups in total. The Labute approximate surface area is 168 Å². The van der Waals surface area contributed by atoms with Crippen molar-refractivity contribution in [2.24, 2.45) is 0 Å². The molecule has 128 valence electrons. The molecule has 0 nitrogen and oxygen atoms in total. The molecule has 0 atom stereocenters. The molecule has 3 aromatic rings. The number of halogens is 1. The minimum atomic E-state index is -0.483. The molecule has 0 aliphatic rings. The fraction of sp³-hybridized carbons (Fsp3) is 0.143. The minimum Gasteiger partial charge on any atom is -1.00 e. The Morgan fingerprint density at radius 3 is 0.875 bits per heavy atom. The summed E-state index contributed by atoms with van der Waals surface area (Å²) in [6.07, 6.45) is 0. The Hall–Kier alpha value is -0.880. The average Bonchev–Trinajstić information content (AvgIpc) is 2.53. The van der Waals surface area contributed by atoms with Crippen LogP contribution >= 0.6 is 7.92 Å². The van der Waals surface area contributed by atoms with E-state index >= 15 is 0 Å². The fourth-order valence-corrected chi connectivity index (χ4v) is 4.76. The Bertz CT molecular complexity index is 641. The molecule has 0 saturated heterocycles. The second-order valence-electron chi connectivity index (χ2n) is 5.84. The number of rotatable bonds is 3. The average molecular weight is 537 g/mol. The summed E-state index contributed by atoms with van der Waals surface area (Å²) in [6.45, 7) is 6.43. The zero-order chi connectivity index (χ0) is 15.5. The van der Waals surface area contributed by atoms with Gasteiger partial charge in [-0.2, -0.15) is 0 Å². The van der Waals surface area contributed by atoms with E-state index in [0.29, 0.717) is 0 Å². The molecule has 0 radical (unpaired) electrons. The van der Waals surface area contributed by atoms with Crippen molar-refractivity contribution < 1.29 is 34.8 Å². The molecule has 3 rings (SSSR count). The molecule has 3 heteroatoms. The van der Waals surface area contributed by atoms with E-state index in [1.54, 1.807) is 0 Å². The van der Waals surface area contributed by atoms with Crippen LogP contribution in [0, 0.1) is 20.8 Å². The Morgan fingerprint density at radius 1 is 0.458 bits per heavy atom. The predicted molar refractivity (Wildman–Crippen MR) is 99.4 cm³/mol. The van der Waals surface area contributed by atoms with Gasteiger partial charge in [-0.1, -0.05) is 89.5 Å². The van der Waals surface area contributed by atoms with Crippen molar-refractivity contribution >= 4 is 23.8 Å². The van der Waals surface area contributed by atoms with Crippen molar-refractivity contribution in [3.8, 4) is 0 Å². The molecule has 0 bridgehead atoms. The van der Waals surface area contributed by atoms with Gasteiger partial charge in [-0.3, -0.25) is 0 Å². The summed E-state index contributed by atoms with van der Waals surface area (Å²) in [5.41, 5.74) is 3.93. The normalized spacial score (nSPS) is 10.0. The van der Waals surface area contributed by atoms with E-state index in [-0.39, 0.29) is 34.8 Å². The first-order valence-electron chi connectivity index (χ1n) is 7.63. The van der Waals surface area contributed by atoms with Crippen molar-refractivity contribution in [1.29, 1.82) is 0 Å². The van der Waals surface area contributed by atoms with Crippen LogP contribution in [0.15, 0.2) is 72.8 Å². The van der Waals surface area contributed by atoms with Gasteiger partial charge in [0.05, 0.1) is 0 Å². The smallest absolute Gasteiger partial charge is 1.00 e. The van der Waals surface area contributed by atoms with E-state index in [1.807, 2.05) is 0 Å². The molecule has 0 saturated carbocycles. The molecule has 24 heavy (non-hydrogen) atoms. The van der Waals surface area contributed by atoms with Gasteiger partial charge in [-0.25, -0.2) is 0 Å². The van der Waals surface area contributed by atoms with Crippen LogP contribution in [0.4, 0.5) is 0 Å². The molecule has 0 aliphatic carbocycles. The van der Waals surface area contributed by atoms with Crippen LogP contribution in [0.25, 0.3) is 0 Å². The molecule has 0 heterocycles. The van der Waals surface area contributed by atoms with Gasteiger partial charge in [-0.15, -0.1) is 0 Å². The summed E-state index contributed by atoms with van der Waals surface area (Å²) in [6, 6.07) is 27.0. The standard InChI is InChI=1S/C21H21P.Au.ClH/c1-16-4-10-19(11-5-16)22(20-12-6-17(2)7-13-20)21-14-8-18(3)9-15-21;;/h4-15H,1-3H3;;1H/q;+1;/p-1. The number of hydrogen-bond acceptors (Lipinski definition) is 0. The minimum absolute atomic E-state index is 0. The summed E-state index contributed by atoms with van der Waals surface area (Å²) in [4.78, 5) is 0. The zero-order valence-corrected chi connectivity index (χ0v) is 17.9. The second kappa shape index (κ2) is 9.56. The maximum absolute atomic E-state index is 2.28. The quantitative estimate of drug-likeness (QED) is 0.351. The largest absolute Gasteiger partial charge is 1.00 e. The Morgan fingerprint density at radius 2 is 0.667 bits per heavy atom. The third-order valence-electron chi connectivity index (χ3n) is 3.88. The maximum atomic E-state index is 2.28. The van der Waals surface area contributed by atoms with E-state index < -0.39 is 7.92 Å². The molecule has 3 aromatic carbocycles. The number of hydrogen-bond donors (Lipinski definition) is 0. The second-order valence-corrected chi connectivity index (χ2v) is 8.06. The molecule has 0 aromatic heterocycles. The van der Waals surface area contributed by atoms with Crippen molar-refractivity contribution in [3.63, 3.8) is 0 Å². The summed E-state index contributed by atoms with van der Waals surface area (Å²) < 4.78 is 0. The summed E-state index contributed by atoms with van der Waals surface area (Å²) in [7, 11) is -0.483. The van der Waals surface area contributed by atoms with Gasteiger partial charge in [0.25, 0.3) is 0 Å². The van der Waals surface area contributed by atoms with Gasteiger partial charge in [0.1, 0.15) is 0 Å². The number of aryl methyl sites for hydroxylation is 3. The first kappa shape index (κ1) is 21.2. The van der Waals surface area contributed by atoms with E-state index in [4.69, 9.17) is 0 Å².